The summed E-state index contributed by atoms with van der Waals surface area (Å²) in [6.45, 7) is 0.561. The van der Waals surface area contributed by atoms with Gasteiger partial charge in [-0.3, -0.25) is 0 Å². The van der Waals surface area contributed by atoms with Gasteiger partial charge in [-0.2, -0.15) is 0 Å². The van der Waals surface area contributed by atoms with Crippen LogP contribution < -0.4 is 10.1 Å². The Labute approximate surface area is 120 Å². The van der Waals surface area contributed by atoms with E-state index in [9.17, 15) is 0 Å². The summed E-state index contributed by atoms with van der Waals surface area (Å²) in [7, 11) is 0. The molecule has 3 heterocycles. The Kier molecular flexibility index (Phi) is 2.53. The lowest BCUT2D eigenvalue weighted by Gasteiger charge is -2.13. The van der Waals surface area contributed by atoms with Crippen molar-refractivity contribution in [3.05, 3.63) is 47.4 Å². The number of halogens is 1. The molecular weight excluding hydrogens is 276 g/mol. The fourth-order valence-corrected chi connectivity index (χ4v) is 2.64. The Hall–Kier alpha value is -2.27. The predicted molar refractivity (Wildman–Crippen MR) is 77.2 cm³/mol. The van der Waals surface area contributed by atoms with Gasteiger partial charge >= 0.3 is 0 Å². The summed E-state index contributed by atoms with van der Waals surface area (Å²) in [6, 6.07) is 7.64. The zero-order chi connectivity index (χ0) is 13.5. The normalized spacial score (nSPS) is 16.9. The van der Waals surface area contributed by atoms with E-state index in [1.807, 2.05) is 30.5 Å². The highest BCUT2D eigenvalue weighted by atomic mass is 35.5. The molecule has 0 aliphatic carbocycles. The Morgan fingerprint density at radius 3 is 3.20 bits per heavy atom. The number of fused-ring (bicyclic) bond motifs is 2. The summed E-state index contributed by atoms with van der Waals surface area (Å²) in [4.78, 5) is 11.6. The second-order valence-corrected chi connectivity index (χ2v) is 5.09. The first-order chi connectivity index (χ1) is 9.81. The van der Waals surface area contributed by atoms with Crippen LogP contribution in [0.15, 0.2) is 36.8 Å². The minimum Gasteiger partial charge on any atom is -0.491 e. The first-order valence-electron chi connectivity index (χ1n) is 6.28. The van der Waals surface area contributed by atoms with Gasteiger partial charge in [0.1, 0.15) is 30.1 Å². The van der Waals surface area contributed by atoms with E-state index in [-0.39, 0.29) is 6.04 Å². The van der Waals surface area contributed by atoms with Gasteiger partial charge in [-0.1, -0.05) is 11.6 Å². The van der Waals surface area contributed by atoms with Gasteiger partial charge in [0.2, 0.25) is 0 Å². The quantitative estimate of drug-likeness (QED) is 0.759. The molecule has 20 heavy (non-hydrogen) atoms. The van der Waals surface area contributed by atoms with E-state index in [2.05, 4.69) is 20.3 Å². The first kappa shape index (κ1) is 11.5. The highest BCUT2D eigenvalue weighted by molar-refractivity contribution is 6.30. The maximum atomic E-state index is 6.06. The average molecular weight is 287 g/mol. The standard InChI is InChI=1S/C14H11ClN4O/c15-8-1-2-12-10(5-8)11(6-20-12)19-14-9-3-4-16-13(9)17-7-18-14/h1-5,7,11H,6H2,(H2,16,17,18,19). The molecule has 0 saturated carbocycles. The lowest BCUT2D eigenvalue weighted by molar-refractivity contribution is 0.339. The summed E-state index contributed by atoms with van der Waals surface area (Å²) in [5.41, 5.74) is 1.87. The second kappa shape index (κ2) is 4.38. The van der Waals surface area contributed by atoms with Crippen molar-refractivity contribution in [2.75, 3.05) is 11.9 Å². The van der Waals surface area contributed by atoms with Crippen LogP contribution >= 0.6 is 11.6 Å². The van der Waals surface area contributed by atoms with Crippen molar-refractivity contribution in [1.82, 2.24) is 15.0 Å². The SMILES string of the molecule is Clc1ccc2c(c1)C(Nc1ncnc3[nH]ccc13)CO2. The molecule has 1 unspecified atom stereocenters. The molecule has 2 aromatic heterocycles. The van der Waals surface area contributed by atoms with Crippen molar-refractivity contribution < 1.29 is 4.74 Å². The van der Waals surface area contributed by atoms with Gasteiger partial charge < -0.3 is 15.0 Å². The minimum absolute atomic E-state index is 0.0386. The molecule has 100 valence electrons. The molecule has 4 rings (SSSR count). The fourth-order valence-electron chi connectivity index (χ4n) is 2.46. The number of nitrogens with zero attached hydrogens (tertiary/aromatic N) is 2. The van der Waals surface area contributed by atoms with E-state index in [1.165, 1.54) is 6.33 Å². The Morgan fingerprint density at radius 2 is 2.25 bits per heavy atom. The number of aromatic amines is 1. The van der Waals surface area contributed by atoms with Gasteiger partial charge in [-0.25, -0.2) is 9.97 Å². The van der Waals surface area contributed by atoms with Crippen molar-refractivity contribution in [3.8, 4) is 5.75 Å². The molecule has 1 aliphatic rings. The van der Waals surface area contributed by atoms with Crippen LogP contribution in [-0.4, -0.2) is 21.6 Å². The van der Waals surface area contributed by atoms with E-state index >= 15 is 0 Å². The molecule has 1 aliphatic heterocycles. The number of hydrogen-bond donors (Lipinski definition) is 2. The van der Waals surface area contributed by atoms with Crippen LogP contribution in [0.25, 0.3) is 11.0 Å². The van der Waals surface area contributed by atoms with Gasteiger partial charge in [0.25, 0.3) is 0 Å². The summed E-state index contributed by atoms with van der Waals surface area (Å²) in [6.07, 6.45) is 3.39. The minimum atomic E-state index is 0.0386. The number of hydrogen-bond acceptors (Lipinski definition) is 4. The highest BCUT2D eigenvalue weighted by Crippen LogP contribution is 2.36. The first-order valence-corrected chi connectivity index (χ1v) is 6.66. The number of benzene rings is 1. The molecule has 1 aromatic carbocycles. The molecular formula is C14H11ClN4O. The van der Waals surface area contributed by atoms with E-state index in [1.54, 1.807) is 0 Å². The maximum Gasteiger partial charge on any atom is 0.142 e. The summed E-state index contributed by atoms with van der Waals surface area (Å²) in [5, 5.41) is 5.06. The molecule has 0 spiro atoms. The van der Waals surface area contributed by atoms with Crippen LogP contribution in [0.5, 0.6) is 5.75 Å². The van der Waals surface area contributed by atoms with Crippen LogP contribution in [-0.2, 0) is 0 Å². The third-order valence-corrected chi connectivity index (χ3v) is 3.65. The summed E-state index contributed by atoms with van der Waals surface area (Å²) < 4.78 is 5.66. The number of nitrogens with one attached hydrogen (secondary N) is 2. The van der Waals surface area contributed by atoms with Crippen molar-refractivity contribution in [3.63, 3.8) is 0 Å². The van der Waals surface area contributed by atoms with Gasteiger partial charge in [0, 0.05) is 16.8 Å². The van der Waals surface area contributed by atoms with Crippen molar-refractivity contribution in [2.24, 2.45) is 0 Å². The van der Waals surface area contributed by atoms with Crippen LogP contribution in [0.1, 0.15) is 11.6 Å². The third-order valence-electron chi connectivity index (χ3n) is 3.42. The topological polar surface area (TPSA) is 62.8 Å². The van der Waals surface area contributed by atoms with Crippen molar-refractivity contribution >= 4 is 28.5 Å². The summed E-state index contributed by atoms with van der Waals surface area (Å²) in [5.74, 6) is 1.66. The molecule has 0 radical (unpaired) electrons. The molecule has 0 amide bonds. The largest absolute Gasteiger partial charge is 0.491 e. The third kappa shape index (κ3) is 1.78. The molecule has 0 saturated heterocycles. The Bertz CT molecular complexity index is 786. The van der Waals surface area contributed by atoms with E-state index in [0.29, 0.717) is 11.6 Å². The molecule has 1 atom stereocenters. The molecule has 0 bridgehead atoms. The number of aromatic nitrogens is 3. The van der Waals surface area contributed by atoms with E-state index < -0.39 is 0 Å². The van der Waals surface area contributed by atoms with Crippen LogP contribution in [0, 0.1) is 0 Å². The van der Waals surface area contributed by atoms with Crippen LogP contribution in [0.2, 0.25) is 5.02 Å². The fraction of sp³-hybridized carbons (Fsp3) is 0.143. The zero-order valence-electron chi connectivity index (χ0n) is 10.4. The smallest absolute Gasteiger partial charge is 0.142 e. The monoisotopic (exact) mass is 286 g/mol. The van der Waals surface area contributed by atoms with Crippen molar-refractivity contribution in [2.45, 2.75) is 6.04 Å². The number of H-pyrrole nitrogens is 1. The Balaban J connectivity index is 1.71. The molecule has 0 fully saturated rings. The van der Waals surface area contributed by atoms with Gasteiger partial charge in [0.15, 0.2) is 0 Å². The predicted octanol–water partition coefficient (Wildman–Crippen LogP) is 3.16. The van der Waals surface area contributed by atoms with Gasteiger partial charge in [0.05, 0.1) is 11.4 Å². The lowest BCUT2D eigenvalue weighted by Crippen LogP contribution is -2.13. The number of ether oxygens (including phenoxy) is 1. The van der Waals surface area contributed by atoms with Gasteiger partial charge in [-0.15, -0.1) is 0 Å². The Morgan fingerprint density at radius 1 is 1.30 bits per heavy atom. The van der Waals surface area contributed by atoms with E-state index in [4.69, 9.17) is 16.3 Å². The average Bonchev–Trinajstić information content (AvgIpc) is 3.06. The highest BCUT2D eigenvalue weighted by Gasteiger charge is 2.25. The zero-order valence-corrected chi connectivity index (χ0v) is 11.2. The van der Waals surface area contributed by atoms with E-state index in [0.717, 1.165) is 28.2 Å². The second-order valence-electron chi connectivity index (χ2n) is 4.65. The van der Waals surface area contributed by atoms with Gasteiger partial charge in [-0.05, 0) is 24.3 Å². The molecule has 6 heteroatoms. The van der Waals surface area contributed by atoms with Crippen molar-refractivity contribution in [1.29, 1.82) is 0 Å². The summed E-state index contributed by atoms with van der Waals surface area (Å²) >= 11 is 6.06. The van der Waals surface area contributed by atoms with Crippen LogP contribution in [0.3, 0.4) is 0 Å². The number of rotatable bonds is 2. The van der Waals surface area contributed by atoms with Crippen LogP contribution in [0.4, 0.5) is 5.82 Å². The lowest BCUT2D eigenvalue weighted by atomic mass is 10.1. The molecule has 3 aromatic rings. The molecule has 2 N–H and O–H groups in total. The molecule has 5 nitrogen and oxygen atoms in total. The maximum absolute atomic E-state index is 6.06. The number of anilines is 1.